The molecule has 0 spiro atoms. The Balaban J connectivity index is 2.49. The maximum Gasteiger partial charge on any atom is 0.103 e. The van der Waals surface area contributed by atoms with Crippen LogP contribution in [-0.4, -0.2) is 5.75 Å². The highest BCUT2D eigenvalue weighted by molar-refractivity contribution is 7.80. The van der Waals surface area contributed by atoms with Gasteiger partial charge in [0.15, 0.2) is 0 Å². The van der Waals surface area contributed by atoms with Gasteiger partial charge < -0.3 is 0 Å². The van der Waals surface area contributed by atoms with Crippen LogP contribution in [0.15, 0.2) is 60.7 Å². The quantitative estimate of drug-likeness (QED) is 0.614. The first-order chi connectivity index (χ1) is 7.77. The first kappa shape index (κ1) is 11.6. The zero-order chi connectivity index (χ0) is 11.4. The van der Waals surface area contributed by atoms with Gasteiger partial charge in [0.05, 0.1) is 0 Å². The summed E-state index contributed by atoms with van der Waals surface area (Å²) >= 11 is 11.1. The molecule has 0 atom stereocenters. The minimum Gasteiger partial charge on any atom is -0.177 e. The van der Waals surface area contributed by atoms with Crippen LogP contribution in [0.5, 0.6) is 0 Å². The highest BCUT2D eigenvalue weighted by Crippen LogP contribution is 2.37. The van der Waals surface area contributed by atoms with E-state index in [1.807, 2.05) is 60.7 Å². The second kappa shape index (κ2) is 4.94. The van der Waals surface area contributed by atoms with Crippen molar-refractivity contribution in [1.82, 2.24) is 0 Å². The Kier molecular flexibility index (Phi) is 3.57. The third-order valence-corrected chi connectivity index (χ3v) is 3.91. The van der Waals surface area contributed by atoms with Crippen LogP contribution in [0.25, 0.3) is 0 Å². The monoisotopic (exact) mass is 248 g/mol. The Morgan fingerprint density at radius 3 is 1.50 bits per heavy atom. The van der Waals surface area contributed by atoms with E-state index < -0.39 is 4.87 Å². The molecule has 0 aliphatic heterocycles. The largest absolute Gasteiger partial charge is 0.177 e. The van der Waals surface area contributed by atoms with Crippen molar-refractivity contribution in [2.75, 3.05) is 5.75 Å². The lowest BCUT2D eigenvalue weighted by Gasteiger charge is -2.26. The van der Waals surface area contributed by atoms with Gasteiger partial charge in [0, 0.05) is 5.75 Å². The highest BCUT2D eigenvalue weighted by atomic mass is 35.5. The van der Waals surface area contributed by atoms with Gasteiger partial charge in [-0.1, -0.05) is 60.7 Å². The first-order valence-electron chi connectivity index (χ1n) is 5.18. The van der Waals surface area contributed by atoms with Crippen LogP contribution in [0.4, 0.5) is 0 Å². The van der Waals surface area contributed by atoms with E-state index in [1.54, 1.807) is 0 Å². The third-order valence-electron chi connectivity index (χ3n) is 2.68. The molecule has 0 nitrogen and oxygen atoms in total. The van der Waals surface area contributed by atoms with Crippen molar-refractivity contribution in [3.05, 3.63) is 71.8 Å². The minimum atomic E-state index is -0.536. The van der Waals surface area contributed by atoms with Crippen molar-refractivity contribution in [3.8, 4) is 0 Å². The Morgan fingerprint density at radius 1 is 0.812 bits per heavy atom. The van der Waals surface area contributed by atoms with Gasteiger partial charge in [0.1, 0.15) is 4.87 Å². The maximum atomic E-state index is 6.70. The molecule has 0 N–H and O–H groups in total. The normalized spacial score (nSPS) is 11.4. The van der Waals surface area contributed by atoms with Gasteiger partial charge in [-0.15, -0.1) is 11.6 Å². The fourth-order valence-electron chi connectivity index (χ4n) is 1.75. The average molecular weight is 249 g/mol. The van der Waals surface area contributed by atoms with Crippen molar-refractivity contribution < 1.29 is 0 Å². The molecule has 0 aliphatic carbocycles. The van der Waals surface area contributed by atoms with Crippen LogP contribution in [0.3, 0.4) is 0 Å². The van der Waals surface area contributed by atoms with Crippen LogP contribution in [0.2, 0.25) is 0 Å². The van der Waals surface area contributed by atoms with Crippen molar-refractivity contribution in [2.24, 2.45) is 0 Å². The molecular formula is C14H13ClS. The summed E-state index contributed by atoms with van der Waals surface area (Å²) in [6.07, 6.45) is 0. The van der Waals surface area contributed by atoms with Crippen LogP contribution >= 0.6 is 24.2 Å². The number of hydrogen-bond acceptors (Lipinski definition) is 1. The molecular weight excluding hydrogens is 236 g/mol. The Labute approximate surface area is 107 Å². The molecule has 0 bridgehead atoms. The zero-order valence-corrected chi connectivity index (χ0v) is 10.5. The summed E-state index contributed by atoms with van der Waals surface area (Å²) in [6.45, 7) is 0. The molecule has 0 unspecified atom stereocenters. The van der Waals surface area contributed by atoms with Crippen molar-refractivity contribution in [2.45, 2.75) is 4.87 Å². The lowest BCUT2D eigenvalue weighted by Crippen LogP contribution is -2.22. The lowest BCUT2D eigenvalue weighted by molar-refractivity contribution is 0.840. The first-order valence-corrected chi connectivity index (χ1v) is 6.19. The summed E-state index contributed by atoms with van der Waals surface area (Å²) in [4.78, 5) is -0.536. The number of thiol groups is 1. The summed E-state index contributed by atoms with van der Waals surface area (Å²) in [5.74, 6) is 0.572. The van der Waals surface area contributed by atoms with E-state index in [4.69, 9.17) is 11.6 Å². The number of alkyl halides is 1. The third kappa shape index (κ3) is 2.11. The highest BCUT2D eigenvalue weighted by Gasteiger charge is 2.29. The number of halogens is 1. The van der Waals surface area contributed by atoms with Gasteiger partial charge in [-0.3, -0.25) is 0 Å². The Hall–Kier alpha value is -0.920. The van der Waals surface area contributed by atoms with Crippen LogP contribution in [0.1, 0.15) is 11.1 Å². The molecule has 2 rings (SSSR count). The van der Waals surface area contributed by atoms with Crippen LogP contribution < -0.4 is 0 Å². The summed E-state index contributed by atoms with van der Waals surface area (Å²) in [6, 6.07) is 20.1. The van der Waals surface area contributed by atoms with Gasteiger partial charge >= 0.3 is 0 Å². The van der Waals surface area contributed by atoms with E-state index >= 15 is 0 Å². The van der Waals surface area contributed by atoms with Crippen molar-refractivity contribution in [1.29, 1.82) is 0 Å². The summed E-state index contributed by atoms with van der Waals surface area (Å²) in [5.41, 5.74) is 2.16. The molecule has 16 heavy (non-hydrogen) atoms. The van der Waals surface area contributed by atoms with Crippen LogP contribution in [-0.2, 0) is 4.87 Å². The molecule has 0 saturated heterocycles. The smallest absolute Gasteiger partial charge is 0.103 e. The molecule has 2 aromatic rings. The van der Waals surface area contributed by atoms with E-state index in [-0.39, 0.29) is 0 Å². The second-order valence-electron chi connectivity index (χ2n) is 3.69. The maximum absolute atomic E-state index is 6.70. The summed E-state index contributed by atoms with van der Waals surface area (Å²) in [7, 11) is 0. The number of rotatable bonds is 3. The molecule has 0 saturated carbocycles. The lowest BCUT2D eigenvalue weighted by atomic mass is 9.92. The predicted molar refractivity (Wildman–Crippen MR) is 73.4 cm³/mol. The molecule has 2 aromatic carbocycles. The predicted octanol–water partition coefficient (Wildman–Crippen LogP) is 4.10. The van der Waals surface area contributed by atoms with Gasteiger partial charge in [-0.05, 0) is 11.1 Å². The van der Waals surface area contributed by atoms with E-state index in [0.29, 0.717) is 5.75 Å². The molecule has 0 amide bonds. The number of hydrogen-bond donors (Lipinski definition) is 1. The molecule has 2 heteroatoms. The molecule has 0 aromatic heterocycles. The SMILES string of the molecule is SCC(Cl)(c1ccccc1)c1ccccc1. The van der Waals surface area contributed by atoms with E-state index in [9.17, 15) is 0 Å². The molecule has 0 fully saturated rings. The molecule has 82 valence electrons. The standard InChI is InChI=1S/C14H13ClS/c15-14(11-16,12-7-3-1-4-8-12)13-9-5-2-6-10-13/h1-10,16H,11H2. The summed E-state index contributed by atoms with van der Waals surface area (Å²) < 4.78 is 0. The fraction of sp³-hybridized carbons (Fsp3) is 0.143. The van der Waals surface area contributed by atoms with Crippen molar-refractivity contribution >= 4 is 24.2 Å². The molecule has 0 radical (unpaired) electrons. The van der Waals surface area contributed by atoms with Gasteiger partial charge in [-0.2, -0.15) is 12.6 Å². The van der Waals surface area contributed by atoms with E-state index in [2.05, 4.69) is 12.6 Å². The van der Waals surface area contributed by atoms with Crippen LogP contribution in [0, 0.1) is 0 Å². The van der Waals surface area contributed by atoms with E-state index in [0.717, 1.165) is 11.1 Å². The minimum absolute atomic E-state index is 0.536. The molecule has 0 heterocycles. The Morgan fingerprint density at radius 2 is 1.19 bits per heavy atom. The summed E-state index contributed by atoms with van der Waals surface area (Å²) in [5, 5.41) is 0. The topological polar surface area (TPSA) is 0 Å². The van der Waals surface area contributed by atoms with E-state index in [1.165, 1.54) is 0 Å². The zero-order valence-electron chi connectivity index (χ0n) is 8.81. The van der Waals surface area contributed by atoms with Gasteiger partial charge in [0.2, 0.25) is 0 Å². The number of benzene rings is 2. The van der Waals surface area contributed by atoms with Gasteiger partial charge in [-0.25, -0.2) is 0 Å². The Bertz CT molecular complexity index is 399. The molecule has 0 aliphatic rings. The second-order valence-corrected chi connectivity index (χ2v) is 4.65. The fourth-order valence-corrected chi connectivity index (χ4v) is 2.37. The van der Waals surface area contributed by atoms with Gasteiger partial charge in [0.25, 0.3) is 0 Å². The van der Waals surface area contributed by atoms with Crippen molar-refractivity contribution in [3.63, 3.8) is 0 Å². The average Bonchev–Trinajstić information content (AvgIpc) is 2.40.